The van der Waals surface area contributed by atoms with Crippen molar-refractivity contribution in [3.63, 3.8) is 0 Å². The Kier molecular flexibility index (Phi) is 12.7. The summed E-state index contributed by atoms with van der Waals surface area (Å²) >= 11 is 1.75. The van der Waals surface area contributed by atoms with Gasteiger partial charge in [-0.3, -0.25) is 14.4 Å². The third kappa shape index (κ3) is 8.42. The molecule has 0 radical (unpaired) electrons. The SMILES string of the molecule is C/C=C(\NC(C)[C@@H]1CCCN1C(=O)[C@@H](NC(=O)CC)C(C)C)c1ccc2c(c1)sc1cc(-c3cnc([C@@H]4CCCN4C(=O)[C@@H](NC(=O)OC)C(C)C)[nH]3)ccc12. The molecule has 13 heteroatoms. The van der Waals surface area contributed by atoms with Crippen LogP contribution in [0.15, 0.2) is 48.7 Å². The minimum atomic E-state index is -0.686. The largest absolute Gasteiger partial charge is 0.453 e. The fourth-order valence-corrected chi connectivity index (χ4v) is 9.37. The van der Waals surface area contributed by atoms with Crippen molar-refractivity contribution in [2.75, 3.05) is 20.2 Å². The van der Waals surface area contributed by atoms with Crippen molar-refractivity contribution in [1.29, 1.82) is 0 Å². The van der Waals surface area contributed by atoms with Crippen molar-refractivity contribution in [3.8, 4) is 11.3 Å². The Balaban J connectivity index is 1.18. The molecule has 5 atom stereocenters. The highest BCUT2D eigenvalue weighted by Gasteiger charge is 2.39. The van der Waals surface area contributed by atoms with E-state index in [1.165, 1.54) is 22.6 Å². The zero-order valence-corrected chi connectivity index (χ0v) is 34.7. The molecule has 2 aliphatic rings. The van der Waals surface area contributed by atoms with E-state index in [0.29, 0.717) is 19.5 Å². The highest BCUT2D eigenvalue weighted by molar-refractivity contribution is 7.25. The zero-order chi connectivity index (χ0) is 40.3. The molecule has 4 amide bonds. The number of ether oxygens (including phenoxy) is 1. The van der Waals surface area contributed by atoms with Gasteiger partial charge in [0.15, 0.2) is 0 Å². The van der Waals surface area contributed by atoms with Crippen molar-refractivity contribution >= 4 is 61.0 Å². The number of imidazole rings is 1. The van der Waals surface area contributed by atoms with Gasteiger partial charge >= 0.3 is 6.09 Å². The number of carbonyl (C=O) groups excluding carboxylic acids is 4. The number of aromatic amines is 1. The van der Waals surface area contributed by atoms with Crippen LogP contribution in [0.2, 0.25) is 0 Å². The number of rotatable bonds is 13. The standard InChI is InChI=1S/C43H57N7O5S/c1-9-31(45-26(7)33-13-11-19-49(33)41(52)38(24(3)4)47-37(51)10-2)27-15-17-29-30-18-16-28(22-36(30)56-35(29)21-27)32-23-44-40(46-32)34-14-12-20-50(34)42(53)39(25(5)6)48-43(54)55-8/h9,15-18,21-26,33-34,38-39,45H,10-14,19-20H2,1-8H3,(H,44,46)(H,47,51)(H,48,54)/b31-9-/t26?,33-,34-,38-,39-/m0/s1. The fourth-order valence-electron chi connectivity index (χ4n) is 8.19. The van der Waals surface area contributed by atoms with E-state index < -0.39 is 18.2 Å². The number of alkyl carbamates (subject to hydrolysis) is 1. The van der Waals surface area contributed by atoms with Crippen LogP contribution in [-0.4, -0.2) is 87.9 Å². The number of amides is 4. The van der Waals surface area contributed by atoms with Crippen LogP contribution in [0, 0.1) is 11.8 Å². The second kappa shape index (κ2) is 17.5. The van der Waals surface area contributed by atoms with Gasteiger partial charge in [-0.25, -0.2) is 9.78 Å². The molecule has 300 valence electrons. The minimum Gasteiger partial charge on any atom is -0.453 e. The van der Waals surface area contributed by atoms with Gasteiger partial charge in [0.1, 0.15) is 17.9 Å². The summed E-state index contributed by atoms with van der Waals surface area (Å²) < 4.78 is 7.12. The van der Waals surface area contributed by atoms with Gasteiger partial charge in [-0.1, -0.05) is 65.0 Å². The molecule has 2 aromatic heterocycles. The van der Waals surface area contributed by atoms with E-state index in [9.17, 15) is 19.2 Å². The van der Waals surface area contributed by atoms with Gasteiger partial charge in [0.05, 0.1) is 31.1 Å². The van der Waals surface area contributed by atoms with Crippen LogP contribution in [0.4, 0.5) is 4.79 Å². The first-order valence-corrected chi connectivity index (χ1v) is 20.9. The Bertz CT molecular complexity index is 2100. The summed E-state index contributed by atoms with van der Waals surface area (Å²) in [6.07, 6.45) is 7.14. The number of likely N-dealkylation sites (tertiary alicyclic amines) is 2. The van der Waals surface area contributed by atoms with Crippen molar-refractivity contribution in [2.24, 2.45) is 11.8 Å². The number of nitrogens with zero attached hydrogens (tertiary/aromatic N) is 3. The van der Waals surface area contributed by atoms with Gasteiger partial charge in [0, 0.05) is 57.0 Å². The Morgan fingerprint density at radius 2 is 1.54 bits per heavy atom. The minimum absolute atomic E-state index is 0.00204. The van der Waals surface area contributed by atoms with Gasteiger partial charge in [-0.15, -0.1) is 11.3 Å². The number of thiophene rings is 1. The molecule has 4 aromatic rings. The number of allylic oxidation sites excluding steroid dienone is 1. The number of hydrogen-bond acceptors (Lipinski definition) is 8. The molecule has 0 bridgehead atoms. The Labute approximate surface area is 333 Å². The lowest BCUT2D eigenvalue weighted by molar-refractivity contribution is -0.138. The number of methoxy groups -OCH3 is 1. The molecule has 2 fully saturated rings. The summed E-state index contributed by atoms with van der Waals surface area (Å²) in [7, 11) is 1.30. The van der Waals surface area contributed by atoms with E-state index in [0.717, 1.165) is 58.7 Å². The number of aromatic nitrogens is 2. The molecule has 4 N–H and O–H groups in total. The van der Waals surface area contributed by atoms with E-state index >= 15 is 0 Å². The van der Waals surface area contributed by atoms with E-state index in [1.54, 1.807) is 18.3 Å². The van der Waals surface area contributed by atoms with Gasteiger partial charge in [-0.2, -0.15) is 0 Å². The highest BCUT2D eigenvalue weighted by Crippen LogP contribution is 2.38. The van der Waals surface area contributed by atoms with Gasteiger partial charge in [0.25, 0.3) is 0 Å². The maximum atomic E-state index is 13.7. The number of H-pyrrole nitrogens is 1. The van der Waals surface area contributed by atoms with Gasteiger partial charge in [0.2, 0.25) is 17.7 Å². The second-order valence-corrected chi connectivity index (χ2v) is 16.9. The summed E-state index contributed by atoms with van der Waals surface area (Å²) in [5.41, 5.74) is 4.00. The van der Waals surface area contributed by atoms with Crippen LogP contribution < -0.4 is 16.0 Å². The zero-order valence-electron chi connectivity index (χ0n) is 33.9. The summed E-state index contributed by atoms with van der Waals surface area (Å²) in [6.45, 7) is 15.0. The van der Waals surface area contributed by atoms with Gasteiger partial charge < -0.3 is 35.5 Å². The van der Waals surface area contributed by atoms with Crippen molar-refractivity contribution in [3.05, 3.63) is 60.1 Å². The first-order valence-electron chi connectivity index (χ1n) is 20.0. The molecule has 4 heterocycles. The molecule has 2 saturated heterocycles. The number of benzene rings is 2. The van der Waals surface area contributed by atoms with E-state index in [4.69, 9.17) is 9.72 Å². The molecular formula is C43H57N7O5S. The molecule has 0 aliphatic carbocycles. The Morgan fingerprint density at radius 3 is 2.21 bits per heavy atom. The average molecular weight is 784 g/mol. The fraction of sp³-hybridized carbons (Fsp3) is 0.512. The van der Waals surface area contributed by atoms with Crippen LogP contribution in [-0.2, 0) is 19.1 Å². The molecule has 0 saturated carbocycles. The lowest BCUT2D eigenvalue weighted by atomic mass is 10.00. The van der Waals surface area contributed by atoms with Crippen LogP contribution in [0.3, 0.4) is 0 Å². The Hall–Kier alpha value is -4.91. The second-order valence-electron chi connectivity index (χ2n) is 15.8. The normalized spacial score (nSPS) is 19.1. The average Bonchev–Trinajstić information content (AvgIpc) is 4.02. The number of nitrogens with one attached hydrogen (secondary N) is 4. The van der Waals surface area contributed by atoms with E-state index in [2.05, 4.69) is 70.3 Å². The van der Waals surface area contributed by atoms with Crippen molar-refractivity contribution in [1.82, 2.24) is 35.7 Å². The molecule has 56 heavy (non-hydrogen) atoms. The lowest BCUT2D eigenvalue weighted by Gasteiger charge is -2.35. The van der Waals surface area contributed by atoms with E-state index in [-0.39, 0.29) is 47.7 Å². The third-order valence-electron chi connectivity index (χ3n) is 11.3. The topological polar surface area (TPSA) is 149 Å². The smallest absolute Gasteiger partial charge is 0.407 e. The summed E-state index contributed by atoms with van der Waals surface area (Å²) in [4.78, 5) is 63.7. The predicted molar refractivity (Wildman–Crippen MR) is 223 cm³/mol. The van der Waals surface area contributed by atoms with Crippen LogP contribution >= 0.6 is 11.3 Å². The number of carbonyl (C=O) groups is 4. The first kappa shape index (κ1) is 40.7. The monoisotopic (exact) mass is 783 g/mol. The highest BCUT2D eigenvalue weighted by atomic mass is 32.1. The van der Waals surface area contributed by atoms with Crippen molar-refractivity contribution < 1.29 is 23.9 Å². The summed E-state index contributed by atoms with van der Waals surface area (Å²) in [6, 6.07) is 11.7. The van der Waals surface area contributed by atoms with Crippen LogP contribution in [0.1, 0.15) is 98.0 Å². The molecular weight excluding hydrogens is 727 g/mol. The number of hydrogen-bond donors (Lipinski definition) is 4. The van der Waals surface area contributed by atoms with Crippen LogP contribution in [0.25, 0.3) is 37.1 Å². The third-order valence-corrected chi connectivity index (χ3v) is 12.5. The number of fused-ring (bicyclic) bond motifs is 3. The summed E-state index contributed by atoms with van der Waals surface area (Å²) in [5.74, 6) is 0.393. The lowest BCUT2D eigenvalue weighted by Crippen LogP contribution is -2.55. The maximum absolute atomic E-state index is 13.7. The molecule has 12 nitrogen and oxygen atoms in total. The molecule has 2 aliphatic heterocycles. The first-order chi connectivity index (χ1) is 26.8. The predicted octanol–water partition coefficient (Wildman–Crippen LogP) is 7.37. The van der Waals surface area contributed by atoms with Crippen LogP contribution in [0.5, 0.6) is 0 Å². The van der Waals surface area contributed by atoms with Gasteiger partial charge in [-0.05, 0) is 69.1 Å². The van der Waals surface area contributed by atoms with Crippen molar-refractivity contribution in [2.45, 2.75) is 111 Å². The maximum Gasteiger partial charge on any atom is 0.407 e. The molecule has 6 rings (SSSR count). The Morgan fingerprint density at radius 1 is 0.893 bits per heavy atom. The summed E-state index contributed by atoms with van der Waals surface area (Å²) in [5, 5.41) is 11.8. The van der Waals surface area contributed by atoms with E-state index in [1.807, 2.05) is 50.6 Å². The molecule has 0 spiro atoms. The quantitative estimate of drug-likeness (QED) is 0.111. The molecule has 2 aromatic carbocycles. The molecule has 1 unspecified atom stereocenters.